The maximum atomic E-state index is 14.0. The molecule has 1 aromatic rings. The molecule has 0 saturated carbocycles. The number of nitrogens with zero attached hydrogens (tertiary/aromatic N) is 2. The van der Waals surface area contributed by atoms with Gasteiger partial charge < -0.3 is 0 Å². The van der Waals surface area contributed by atoms with E-state index in [1.54, 1.807) is 0 Å². The molecule has 20 heavy (non-hydrogen) atoms. The predicted octanol–water partition coefficient (Wildman–Crippen LogP) is 3.41. The van der Waals surface area contributed by atoms with Crippen LogP contribution in [0, 0.1) is 27.2 Å². The monoisotopic (exact) mass is 282 g/mol. The lowest BCUT2D eigenvalue weighted by Gasteiger charge is -2.32. The summed E-state index contributed by atoms with van der Waals surface area (Å²) >= 11 is 0. The first-order valence-corrected chi connectivity index (χ1v) is 6.06. The van der Waals surface area contributed by atoms with Crippen LogP contribution >= 0.6 is 0 Å². The van der Waals surface area contributed by atoms with Gasteiger partial charge in [0.05, 0.1) is 11.0 Å². The van der Waals surface area contributed by atoms with E-state index in [-0.39, 0.29) is 18.3 Å². The van der Waals surface area contributed by atoms with Crippen molar-refractivity contribution < 1.29 is 18.1 Å². The number of non-ortho nitro benzene ring substituents is 1. The van der Waals surface area contributed by atoms with Gasteiger partial charge in [-0.2, -0.15) is 0 Å². The summed E-state index contributed by atoms with van der Waals surface area (Å²) in [7, 11) is 0. The van der Waals surface area contributed by atoms with Crippen LogP contribution in [0.5, 0.6) is 0 Å². The molecule has 0 aliphatic carbocycles. The zero-order chi connectivity index (χ0) is 14.9. The molecule has 0 radical (unpaired) electrons. The van der Waals surface area contributed by atoms with E-state index in [1.807, 2.05) is 5.97 Å². The molecule has 1 aliphatic rings. The fourth-order valence-electron chi connectivity index (χ4n) is 2.56. The molecule has 1 aliphatic heterocycles. The first kappa shape index (κ1) is 14.4. The van der Waals surface area contributed by atoms with Crippen LogP contribution in [-0.2, 0) is 0 Å². The van der Waals surface area contributed by atoms with Crippen LogP contribution in [0.3, 0.4) is 0 Å². The Morgan fingerprint density at radius 3 is 2.70 bits per heavy atom. The van der Waals surface area contributed by atoms with Gasteiger partial charge in [0.2, 0.25) is 5.92 Å². The van der Waals surface area contributed by atoms with Crippen molar-refractivity contribution in [2.45, 2.75) is 30.9 Å². The Morgan fingerprint density at radius 2 is 2.20 bits per heavy atom. The third-order valence-electron chi connectivity index (χ3n) is 3.59. The molecule has 0 N–H and O–H groups in total. The van der Waals surface area contributed by atoms with E-state index in [0.717, 1.165) is 12.1 Å². The highest BCUT2D eigenvalue weighted by Gasteiger charge is 2.48. The number of rotatable bonds is 2. The van der Waals surface area contributed by atoms with Crippen LogP contribution in [0.25, 0.3) is 0 Å². The quantitative estimate of drug-likeness (QED) is 0.474. The summed E-state index contributed by atoms with van der Waals surface area (Å²) in [6.07, 6.45) is -0.349. The van der Waals surface area contributed by atoms with E-state index in [0.29, 0.717) is 6.07 Å². The van der Waals surface area contributed by atoms with Gasteiger partial charge in [0.1, 0.15) is 5.82 Å². The normalized spacial score (nSPS) is 21.3. The number of halogens is 3. The lowest BCUT2D eigenvalue weighted by atomic mass is 9.40. The minimum absolute atomic E-state index is 0.0139. The standard InChI is InChI=1S/C12H10BF3N2O2/c14-11-5-8(18(19)20)1-2-9(11)10-3-4-13(7-17)6-12(10,15)16/h1-2,5,10H,3-4,6H2. The molecular formula is C12H10BF3N2O2. The van der Waals surface area contributed by atoms with Crippen LogP contribution in [-0.4, -0.2) is 17.6 Å². The summed E-state index contributed by atoms with van der Waals surface area (Å²) in [6, 6.07) is 2.71. The Kier molecular flexibility index (Phi) is 3.70. The molecule has 1 aromatic carbocycles. The Morgan fingerprint density at radius 1 is 1.50 bits per heavy atom. The molecule has 1 fully saturated rings. The van der Waals surface area contributed by atoms with Gasteiger partial charge in [-0.05, 0) is 18.1 Å². The summed E-state index contributed by atoms with van der Waals surface area (Å²) in [6.45, 7) is -0.734. The van der Waals surface area contributed by atoms with E-state index in [1.165, 1.54) is 0 Å². The predicted molar refractivity (Wildman–Crippen MR) is 66.3 cm³/mol. The summed E-state index contributed by atoms with van der Waals surface area (Å²) in [5.74, 6) is -3.72. The topological polar surface area (TPSA) is 66.9 Å². The highest BCUT2D eigenvalue weighted by molar-refractivity contribution is 6.67. The number of nitriles is 1. The maximum absolute atomic E-state index is 14.0. The number of nitro groups is 1. The number of hydrogen-bond acceptors (Lipinski definition) is 3. The molecule has 0 bridgehead atoms. The Balaban J connectivity index is 2.32. The molecular weight excluding hydrogens is 272 g/mol. The third kappa shape index (κ3) is 2.62. The SMILES string of the molecule is N#CB1CCC(c2ccc([N+](=O)[O-])cc2F)C(F)(F)C1. The Labute approximate surface area is 113 Å². The van der Waals surface area contributed by atoms with E-state index < -0.39 is 41.3 Å². The fraction of sp³-hybridized carbons (Fsp3) is 0.417. The first-order valence-electron chi connectivity index (χ1n) is 6.06. The maximum Gasteiger partial charge on any atom is 0.273 e. The second-order valence-corrected chi connectivity index (χ2v) is 4.88. The van der Waals surface area contributed by atoms with Crippen LogP contribution in [0.1, 0.15) is 17.9 Å². The van der Waals surface area contributed by atoms with Crippen molar-refractivity contribution in [3.8, 4) is 5.97 Å². The van der Waals surface area contributed by atoms with E-state index >= 15 is 0 Å². The van der Waals surface area contributed by atoms with Crippen LogP contribution in [0.15, 0.2) is 18.2 Å². The van der Waals surface area contributed by atoms with Gasteiger partial charge in [0.25, 0.3) is 12.4 Å². The van der Waals surface area contributed by atoms with Crippen molar-refractivity contribution in [3.05, 3.63) is 39.7 Å². The summed E-state index contributed by atoms with van der Waals surface area (Å²) in [4.78, 5) is 9.72. The van der Waals surface area contributed by atoms with Gasteiger partial charge in [-0.3, -0.25) is 10.1 Å². The molecule has 0 aromatic heterocycles. The number of benzene rings is 1. The van der Waals surface area contributed by atoms with Crippen molar-refractivity contribution in [2.75, 3.05) is 0 Å². The van der Waals surface area contributed by atoms with Crippen LogP contribution in [0.4, 0.5) is 18.9 Å². The summed E-state index contributed by atoms with van der Waals surface area (Å²) < 4.78 is 41.8. The van der Waals surface area contributed by atoms with Gasteiger partial charge in [-0.25, -0.2) is 18.4 Å². The second-order valence-electron chi connectivity index (χ2n) is 4.88. The van der Waals surface area contributed by atoms with Crippen LogP contribution < -0.4 is 0 Å². The van der Waals surface area contributed by atoms with Crippen molar-refractivity contribution >= 4 is 12.4 Å². The lowest BCUT2D eigenvalue weighted by molar-refractivity contribution is -0.385. The number of alkyl halides is 2. The van der Waals surface area contributed by atoms with Crippen molar-refractivity contribution in [1.82, 2.24) is 0 Å². The molecule has 1 saturated heterocycles. The van der Waals surface area contributed by atoms with Gasteiger partial charge in [-0.1, -0.05) is 6.32 Å². The fourth-order valence-corrected chi connectivity index (χ4v) is 2.56. The van der Waals surface area contributed by atoms with E-state index in [4.69, 9.17) is 5.26 Å². The third-order valence-corrected chi connectivity index (χ3v) is 3.59. The van der Waals surface area contributed by atoms with Gasteiger partial charge >= 0.3 is 0 Å². The Hall–Kier alpha value is -2.04. The second kappa shape index (κ2) is 5.15. The van der Waals surface area contributed by atoms with Gasteiger partial charge in [0, 0.05) is 24.3 Å². The van der Waals surface area contributed by atoms with E-state index in [9.17, 15) is 23.3 Å². The van der Waals surface area contributed by atoms with Crippen LogP contribution in [0.2, 0.25) is 12.6 Å². The molecule has 2 rings (SSSR count). The molecule has 4 nitrogen and oxygen atoms in total. The highest BCUT2D eigenvalue weighted by Crippen LogP contribution is 2.46. The lowest BCUT2D eigenvalue weighted by Crippen LogP contribution is -2.37. The van der Waals surface area contributed by atoms with Crippen molar-refractivity contribution in [3.63, 3.8) is 0 Å². The average molecular weight is 282 g/mol. The van der Waals surface area contributed by atoms with Gasteiger partial charge in [-0.15, -0.1) is 0 Å². The van der Waals surface area contributed by atoms with Gasteiger partial charge in [0.15, 0.2) is 0 Å². The highest BCUT2D eigenvalue weighted by atomic mass is 19.3. The van der Waals surface area contributed by atoms with E-state index in [2.05, 4.69) is 0 Å². The van der Waals surface area contributed by atoms with Crippen molar-refractivity contribution in [2.24, 2.45) is 0 Å². The molecule has 1 unspecified atom stereocenters. The minimum Gasteiger partial charge on any atom is -0.258 e. The molecule has 8 heteroatoms. The number of hydrogen-bond donors (Lipinski definition) is 0. The molecule has 0 amide bonds. The minimum atomic E-state index is -3.18. The smallest absolute Gasteiger partial charge is 0.258 e. The summed E-state index contributed by atoms with van der Waals surface area (Å²) in [5, 5.41) is 19.2. The Bertz CT molecular complexity index is 589. The first-order chi connectivity index (χ1) is 9.35. The summed E-state index contributed by atoms with van der Waals surface area (Å²) in [5.41, 5.74) is -0.697. The average Bonchev–Trinajstić information content (AvgIpc) is 2.38. The molecule has 0 spiro atoms. The molecule has 1 atom stereocenters. The van der Waals surface area contributed by atoms with Crippen molar-refractivity contribution in [1.29, 1.82) is 5.26 Å². The zero-order valence-electron chi connectivity index (χ0n) is 10.4. The zero-order valence-corrected chi connectivity index (χ0v) is 10.4. The largest absolute Gasteiger partial charge is 0.273 e. The molecule has 1 heterocycles. The molecule has 104 valence electrons. The number of nitro benzene ring substituents is 1.